The van der Waals surface area contributed by atoms with Crippen LogP contribution < -0.4 is 0 Å². The van der Waals surface area contributed by atoms with E-state index in [1.54, 1.807) is 0 Å². The summed E-state index contributed by atoms with van der Waals surface area (Å²) in [4.78, 5) is 0. The van der Waals surface area contributed by atoms with Crippen LogP contribution in [0, 0.1) is 34.6 Å². The van der Waals surface area contributed by atoms with Gasteiger partial charge in [-0.05, 0) is 0 Å². The van der Waals surface area contributed by atoms with E-state index in [2.05, 4.69) is 34.6 Å². The zero-order chi connectivity index (χ0) is 7.89. The van der Waals surface area contributed by atoms with Crippen LogP contribution in [0.25, 0.3) is 0 Å². The molecular formula is C10H15Rh+2. The smallest absolute Gasteiger partial charge is 0.196 e. The Kier molecular flexibility index (Phi) is 3.57. The fourth-order valence-corrected chi connectivity index (χ4v) is 1.41. The molecule has 62 valence electrons. The van der Waals surface area contributed by atoms with Crippen molar-refractivity contribution in [3.05, 3.63) is 27.8 Å². The summed E-state index contributed by atoms with van der Waals surface area (Å²) < 4.78 is 0. The molecule has 0 nitrogen and oxygen atoms in total. The maximum Gasteiger partial charge on any atom is 3.00 e. The third-order valence-corrected chi connectivity index (χ3v) is 2.81. The SMILES string of the molecule is Cc1c(C)c(C)[c-](C)c1C.[Rh+3]. The van der Waals surface area contributed by atoms with E-state index in [9.17, 15) is 0 Å². The largest absolute Gasteiger partial charge is 3.00 e. The third-order valence-electron chi connectivity index (χ3n) is 2.81. The molecule has 0 N–H and O–H groups in total. The number of rotatable bonds is 0. The van der Waals surface area contributed by atoms with Crippen molar-refractivity contribution >= 4 is 0 Å². The Hall–Kier alpha value is -0.0266. The van der Waals surface area contributed by atoms with Crippen molar-refractivity contribution in [2.45, 2.75) is 34.6 Å². The van der Waals surface area contributed by atoms with Crippen molar-refractivity contribution in [3.8, 4) is 0 Å². The molecule has 1 aromatic rings. The monoisotopic (exact) mass is 238 g/mol. The molecule has 0 amide bonds. The quantitative estimate of drug-likeness (QED) is 0.481. The van der Waals surface area contributed by atoms with Gasteiger partial charge in [0, 0.05) is 0 Å². The fourth-order valence-electron chi connectivity index (χ4n) is 1.41. The predicted octanol–water partition coefficient (Wildman–Crippen LogP) is 2.95. The Morgan fingerprint density at radius 2 is 1.09 bits per heavy atom. The summed E-state index contributed by atoms with van der Waals surface area (Å²) >= 11 is 0. The van der Waals surface area contributed by atoms with E-state index in [-0.39, 0.29) is 19.5 Å². The van der Waals surface area contributed by atoms with Crippen LogP contribution in [0.3, 0.4) is 0 Å². The summed E-state index contributed by atoms with van der Waals surface area (Å²) in [7, 11) is 0. The molecule has 0 unspecified atom stereocenters. The Bertz CT molecular complexity index is 176. The van der Waals surface area contributed by atoms with Gasteiger partial charge in [-0.3, -0.25) is 0 Å². The summed E-state index contributed by atoms with van der Waals surface area (Å²) in [6.45, 7) is 11.0. The minimum atomic E-state index is 0. The van der Waals surface area contributed by atoms with Crippen molar-refractivity contribution in [1.82, 2.24) is 0 Å². The van der Waals surface area contributed by atoms with E-state index in [1.807, 2.05) is 0 Å². The molecule has 1 heteroatoms. The molecule has 0 saturated heterocycles. The van der Waals surface area contributed by atoms with Gasteiger partial charge < -0.3 is 0 Å². The predicted molar refractivity (Wildman–Crippen MR) is 45.7 cm³/mol. The van der Waals surface area contributed by atoms with Crippen molar-refractivity contribution in [2.75, 3.05) is 0 Å². The van der Waals surface area contributed by atoms with Crippen LogP contribution in [0.15, 0.2) is 0 Å². The molecule has 0 aromatic heterocycles. The molecular weight excluding hydrogens is 223 g/mol. The van der Waals surface area contributed by atoms with Gasteiger partial charge in [0.25, 0.3) is 0 Å². The maximum atomic E-state index is 2.20. The molecule has 0 heterocycles. The Morgan fingerprint density at radius 3 is 1.18 bits per heavy atom. The molecule has 1 aromatic carbocycles. The van der Waals surface area contributed by atoms with Gasteiger partial charge in [0.1, 0.15) is 0 Å². The van der Waals surface area contributed by atoms with Gasteiger partial charge in [0.05, 0.1) is 0 Å². The zero-order valence-corrected chi connectivity index (χ0v) is 9.47. The molecule has 0 spiro atoms. The van der Waals surface area contributed by atoms with Gasteiger partial charge in [0.2, 0.25) is 0 Å². The van der Waals surface area contributed by atoms with Crippen LogP contribution in [-0.2, 0) is 19.5 Å². The first-order chi connectivity index (χ1) is 4.55. The van der Waals surface area contributed by atoms with E-state index < -0.39 is 0 Å². The van der Waals surface area contributed by atoms with Crippen LogP contribution in [0.4, 0.5) is 0 Å². The summed E-state index contributed by atoms with van der Waals surface area (Å²) in [6, 6.07) is 0. The Morgan fingerprint density at radius 1 is 0.818 bits per heavy atom. The molecule has 0 aliphatic heterocycles. The summed E-state index contributed by atoms with van der Waals surface area (Å²) in [5.41, 5.74) is 7.34. The first-order valence-corrected chi connectivity index (χ1v) is 3.75. The molecule has 0 fully saturated rings. The Labute approximate surface area is 82.1 Å². The average Bonchev–Trinajstić information content (AvgIpc) is 2.07. The van der Waals surface area contributed by atoms with Gasteiger partial charge in [-0.2, -0.15) is 27.8 Å². The second-order valence-electron chi connectivity index (χ2n) is 3.12. The van der Waals surface area contributed by atoms with E-state index in [0.29, 0.717) is 0 Å². The standard InChI is InChI=1S/C10H15.Rh/c1-6-7(2)9(4)10(5)8(6)3;/h1-5H3;/q-1;+3. The minimum Gasteiger partial charge on any atom is -0.196 e. The zero-order valence-electron chi connectivity index (χ0n) is 7.83. The van der Waals surface area contributed by atoms with Crippen molar-refractivity contribution in [1.29, 1.82) is 0 Å². The molecule has 0 bridgehead atoms. The first kappa shape index (κ1) is 11.0. The molecule has 1 rings (SSSR count). The van der Waals surface area contributed by atoms with Gasteiger partial charge in [0.15, 0.2) is 0 Å². The van der Waals surface area contributed by atoms with Crippen LogP contribution in [-0.4, -0.2) is 0 Å². The minimum absolute atomic E-state index is 0. The van der Waals surface area contributed by atoms with Crippen molar-refractivity contribution in [3.63, 3.8) is 0 Å². The van der Waals surface area contributed by atoms with Gasteiger partial charge in [-0.15, -0.1) is 0 Å². The normalized spacial score (nSPS) is 9.55. The van der Waals surface area contributed by atoms with E-state index >= 15 is 0 Å². The molecule has 0 aliphatic rings. The summed E-state index contributed by atoms with van der Waals surface area (Å²) in [5, 5.41) is 0. The van der Waals surface area contributed by atoms with Crippen LogP contribution in [0.5, 0.6) is 0 Å². The second kappa shape index (κ2) is 3.58. The van der Waals surface area contributed by atoms with Gasteiger partial charge >= 0.3 is 19.5 Å². The van der Waals surface area contributed by atoms with E-state index in [4.69, 9.17) is 0 Å². The van der Waals surface area contributed by atoms with E-state index in [0.717, 1.165) is 0 Å². The number of hydrogen-bond donors (Lipinski definition) is 0. The van der Waals surface area contributed by atoms with Gasteiger partial charge in [-0.25, -0.2) is 0 Å². The van der Waals surface area contributed by atoms with Gasteiger partial charge in [-0.1, -0.05) is 34.6 Å². The maximum absolute atomic E-state index is 2.20. The fraction of sp³-hybridized carbons (Fsp3) is 0.500. The summed E-state index contributed by atoms with van der Waals surface area (Å²) in [5.74, 6) is 0. The second-order valence-corrected chi connectivity index (χ2v) is 3.12. The van der Waals surface area contributed by atoms with Crippen LogP contribution in [0.1, 0.15) is 27.8 Å². The molecule has 0 saturated carbocycles. The number of hydrogen-bond acceptors (Lipinski definition) is 0. The Balaban J connectivity index is 0.000001000. The van der Waals surface area contributed by atoms with Crippen LogP contribution >= 0.6 is 0 Å². The molecule has 0 aliphatic carbocycles. The molecule has 11 heavy (non-hydrogen) atoms. The van der Waals surface area contributed by atoms with Crippen molar-refractivity contribution in [2.24, 2.45) is 0 Å². The third kappa shape index (κ3) is 1.59. The molecule has 0 atom stereocenters. The van der Waals surface area contributed by atoms with E-state index in [1.165, 1.54) is 27.8 Å². The topological polar surface area (TPSA) is 0 Å². The molecule has 0 radical (unpaired) electrons. The summed E-state index contributed by atoms with van der Waals surface area (Å²) in [6.07, 6.45) is 0. The average molecular weight is 238 g/mol. The van der Waals surface area contributed by atoms with Crippen molar-refractivity contribution < 1.29 is 19.5 Å². The van der Waals surface area contributed by atoms with Crippen LogP contribution in [0.2, 0.25) is 0 Å². The first-order valence-electron chi connectivity index (χ1n) is 3.75.